The molecule has 1 saturated heterocycles. The molecule has 1 aliphatic heterocycles. The van der Waals surface area contributed by atoms with Crippen molar-refractivity contribution in [2.45, 2.75) is 239 Å². The third kappa shape index (κ3) is 35.2. The molecular weight excluding hydrogens is 959 g/mol. The van der Waals surface area contributed by atoms with E-state index in [1.54, 1.807) is 24.5 Å². The van der Waals surface area contributed by atoms with Gasteiger partial charge in [-0.05, 0) is 50.2 Å². The lowest BCUT2D eigenvalue weighted by Gasteiger charge is -2.24. The van der Waals surface area contributed by atoms with Gasteiger partial charge in [-0.3, -0.25) is 33.8 Å². The minimum atomic E-state index is -0.660. The Morgan fingerprint density at radius 3 is 1.31 bits per heavy atom. The number of hydrogen-bond acceptors (Lipinski definition) is 15. The van der Waals surface area contributed by atoms with Crippen LogP contribution in [0.2, 0.25) is 0 Å². The summed E-state index contributed by atoms with van der Waals surface area (Å²) < 4.78 is 33.9. The zero-order valence-corrected chi connectivity index (χ0v) is 46.9. The number of ketones is 1. The Morgan fingerprint density at radius 1 is 0.507 bits per heavy atom. The van der Waals surface area contributed by atoms with Crippen molar-refractivity contribution in [2.24, 2.45) is 17.8 Å². The van der Waals surface area contributed by atoms with Crippen LogP contribution in [-0.2, 0) is 57.2 Å². The molecular formula is C59H99N3O13. The summed E-state index contributed by atoms with van der Waals surface area (Å²) in [5.74, 6) is -3.71. The SMILES string of the molecule is CCCCCCCCC(=O)OCC(COC(=O)CCCCCCCC)CC(=O)C[C@@H]1C[C@H](COC(=O)CC(COC(=O)CCCCCCCC)COC(=O)CCCCCCCC)N(C(=O)OCNc2ccncc2)C1. The lowest BCUT2D eigenvalue weighted by molar-refractivity contribution is -0.155. The number of unbranched alkanes of at least 4 members (excludes halogenated alkanes) is 20. The molecule has 0 bridgehead atoms. The maximum atomic E-state index is 13.8. The van der Waals surface area contributed by atoms with Gasteiger partial charge in [-0.25, -0.2) is 4.79 Å². The topological polar surface area (TPSA) is 203 Å². The van der Waals surface area contributed by atoms with Crippen LogP contribution >= 0.6 is 0 Å². The van der Waals surface area contributed by atoms with Gasteiger partial charge in [-0.15, -0.1) is 0 Å². The van der Waals surface area contributed by atoms with Gasteiger partial charge in [-0.1, -0.05) is 156 Å². The molecule has 1 aromatic rings. The fraction of sp³-hybridized carbons (Fsp3) is 0.797. The van der Waals surface area contributed by atoms with Crippen LogP contribution < -0.4 is 5.32 Å². The average molecular weight is 1060 g/mol. The van der Waals surface area contributed by atoms with Crippen molar-refractivity contribution >= 4 is 47.4 Å². The van der Waals surface area contributed by atoms with E-state index in [-0.39, 0.29) is 127 Å². The molecule has 428 valence electrons. The van der Waals surface area contributed by atoms with E-state index in [4.69, 9.17) is 28.4 Å². The number of nitrogens with one attached hydrogen (secondary N) is 1. The summed E-state index contributed by atoms with van der Waals surface area (Å²) in [6.45, 7) is 8.07. The minimum Gasteiger partial charge on any atom is -0.465 e. The summed E-state index contributed by atoms with van der Waals surface area (Å²) in [5.41, 5.74) is 0.694. The molecule has 1 amide bonds. The molecule has 0 aliphatic carbocycles. The Bertz CT molecular complexity index is 1630. The first kappa shape index (κ1) is 66.4. The number of carbonyl (C=O) groups excluding carboxylic acids is 7. The van der Waals surface area contributed by atoms with Crippen molar-refractivity contribution in [3.05, 3.63) is 24.5 Å². The molecule has 1 N–H and O–H groups in total. The number of Topliss-reactive ketones (excluding diaryl/α,β-unsaturated/α-hetero) is 1. The van der Waals surface area contributed by atoms with Gasteiger partial charge in [0.05, 0.1) is 38.9 Å². The predicted octanol–water partition coefficient (Wildman–Crippen LogP) is 13.0. The van der Waals surface area contributed by atoms with Crippen LogP contribution in [0, 0.1) is 17.8 Å². The van der Waals surface area contributed by atoms with Crippen LogP contribution in [0.25, 0.3) is 0 Å². The third-order valence-corrected chi connectivity index (χ3v) is 13.7. The number of esters is 5. The molecule has 16 nitrogen and oxygen atoms in total. The van der Waals surface area contributed by atoms with E-state index < -0.39 is 29.9 Å². The molecule has 0 unspecified atom stereocenters. The summed E-state index contributed by atoms with van der Waals surface area (Å²) >= 11 is 0. The number of rotatable bonds is 47. The van der Waals surface area contributed by atoms with Crippen LogP contribution in [0.3, 0.4) is 0 Å². The first-order valence-corrected chi connectivity index (χ1v) is 29.3. The number of carbonyl (C=O) groups is 7. The number of likely N-dealkylation sites (tertiary alicyclic amines) is 1. The Kier molecular flexibility index (Phi) is 39.3. The lowest BCUT2D eigenvalue weighted by Crippen LogP contribution is -2.40. The first-order valence-electron chi connectivity index (χ1n) is 29.3. The fourth-order valence-corrected chi connectivity index (χ4v) is 9.15. The quantitative estimate of drug-likeness (QED) is 0.0279. The molecule has 16 heteroatoms. The molecule has 2 rings (SSSR count). The Balaban J connectivity index is 2.12. The van der Waals surface area contributed by atoms with Gasteiger partial charge in [0.15, 0.2) is 6.73 Å². The molecule has 1 fully saturated rings. The van der Waals surface area contributed by atoms with Crippen LogP contribution in [0.15, 0.2) is 24.5 Å². The molecule has 1 aromatic heterocycles. The van der Waals surface area contributed by atoms with Gasteiger partial charge in [-0.2, -0.15) is 0 Å². The summed E-state index contributed by atoms with van der Waals surface area (Å²) in [7, 11) is 0. The zero-order chi connectivity index (χ0) is 54.6. The van der Waals surface area contributed by atoms with Gasteiger partial charge < -0.3 is 38.6 Å². The molecule has 75 heavy (non-hydrogen) atoms. The van der Waals surface area contributed by atoms with Gasteiger partial charge in [0.25, 0.3) is 0 Å². The van der Waals surface area contributed by atoms with Gasteiger partial charge in [0.2, 0.25) is 0 Å². The number of hydrogen-bond donors (Lipinski definition) is 1. The van der Waals surface area contributed by atoms with E-state index in [2.05, 4.69) is 38.0 Å². The van der Waals surface area contributed by atoms with E-state index in [9.17, 15) is 33.6 Å². The highest BCUT2D eigenvalue weighted by Gasteiger charge is 2.38. The largest absolute Gasteiger partial charge is 0.465 e. The van der Waals surface area contributed by atoms with Gasteiger partial charge in [0.1, 0.15) is 12.4 Å². The van der Waals surface area contributed by atoms with Gasteiger partial charge >= 0.3 is 35.9 Å². The number of nitrogens with zero attached hydrogens (tertiary/aromatic N) is 2. The van der Waals surface area contributed by atoms with E-state index in [0.717, 1.165) is 128 Å². The highest BCUT2D eigenvalue weighted by atomic mass is 16.6. The second-order valence-corrected chi connectivity index (χ2v) is 20.7. The number of anilines is 1. The zero-order valence-electron chi connectivity index (χ0n) is 46.9. The summed E-state index contributed by atoms with van der Waals surface area (Å²) in [6, 6.07) is 2.83. The number of aromatic nitrogens is 1. The van der Waals surface area contributed by atoms with Crippen molar-refractivity contribution in [2.75, 3.05) is 51.6 Å². The number of pyridine rings is 1. The monoisotopic (exact) mass is 1060 g/mol. The van der Waals surface area contributed by atoms with Crippen LogP contribution in [-0.4, -0.2) is 104 Å². The van der Waals surface area contributed by atoms with Crippen molar-refractivity contribution in [3.8, 4) is 0 Å². The second-order valence-electron chi connectivity index (χ2n) is 20.7. The Hall–Kier alpha value is -4.76. The smallest absolute Gasteiger partial charge is 0.411 e. The van der Waals surface area contributed by atoms with Crippen molar-refractivity contribution in [3.63, 3.8) is 0 Å². The summed E-state index contributed by atoms with van der Waals surface area (Å²) in [4.78, 5) is 97.5. The molecule has 0 aromatic carbocycles. The normalized spacial score (nSPS) is 14.2. The van der Waals surface area contributed by atoms with Crippen LogP contribution in [0.1, 0.15) is 233 Å². The summed E-state index contributed by atoms with van der Waals surface area (Å²) in [6.07, 6.45) is 28.4. The molecule has 0 radical (unpaired) electrons. The van der Waals surface area contributed by atoms with E-state index in [1.165, 1.54) is 17.7 Å². The van der Waals surface area contributed by atoms with Crippen molar-refractivity contribution in [1.29, 1.82) is 0 Å². The van der Waals surface area contributed by atoms with Crippen LogP contribution in [0.5, 0.6) is 0 Å². The molecule has 0 saturated carbocycles. The molecule has 2 atom stereocenters. The number of amides is 1. The van der Waals surface area contributed by atoms with E-state index in [0.29, 0.717) is 24.9 Å². The first-order chi connectivity index (χ1) is 36.5. The Morgan fingerprint density at radius 2 is 0.893 bits per heavy atom. The maximum absolute atomic E-state index is 13.8. The second kappa shape index (κ2) is 44.4. The van der Waals surface area contributed by atoms with Gasteiger partial charge in [0, 0.05) is 75.0 Å². The standard InChI is InChI=1S/C59H99N3O13/c1-5-9-13-17-21-25-29-54(64)70-42-49(43-71-55(65)30-26-22-18-14-10-6-2)39-53(63)38-48-37-52(62(41-48)59(69)75-47-61-51-33-35-60-36-34-51)46-74-58(68)40-50(44-72-56(66)31-27-23-19-15-11-7-3)45-73-57(67)32-28-24-20-16-12-8-4/h33-36,48-50,52H,5-32,37-47H2,1-4H3,(H,60,61)/t48-,52+/m0/s1. The predicted molar refractivity (Wildman–Crippen MR) is 290 cm³/mol. The van der Waals surface area contributed by atoms with Crippen LogP contribution in [0.4, 0.5) is 10.5 Å². The molecule has 0 spiro atoms. The van der Waals surface area contributed by atoms with Crippen molar-refractivity contribution < 1.29 is 62.0 Å². The highest BCUT2D eigenvalue weighted by molar-refractivity contribution is 5.79. The fourth-order valence-electron chi connectivity index (χ4n) is 9.15. The molecule has 1 aliphatic rings. The maximum Gasteiger partial charge on any atom is 0.411 e. The summed E-state index contributed by atoms with van der Waals surface area (Å²) in [5, 5.41) is 3.02. The highest BCUT2D eigenvalue weighted by Crippen LogP contribution is 2.29. The Labute approximate surface area is 450 Å². The van der Waals surface area contributed by atoms with Crippen molar-refractivity contribution in [1.82, 2.24) is 9.88 Å². The average Bonchev–Trinajstić information content (AvgIpc) is 3.81. The lowest BCUT2D eigenvalue weighted by atomic mass is 9.94. The van der Waals surface area contributed by atoms with E-state index in [1.807, 2.05) is 0 Å². The third-order valence-electron chi connectivity index (χ3n) is 13.7. The number of ether oxygens (including phenoxy) is 6. The molecule has 2 heterocycles. The minimum absolute atomic E-state index is 0.000495. The van der Waals surface area contributed by atoms with E-state index >= 15 is 0 Å².